The summed E-state index contributed by atoms with van der Waals surface area (Å²) >= 11 is 1.34. The number of aryl methyl sites for hydroxylation is 3. The lowest BCUT2D eigenvalue weighted by Crippen LogP contribution is -2.38. The van der Waals surface area contributed by atoms with E-state index in [0.717, 1.165) is 21.5 Å². The molecular formula is C23H24FN3O3S. The van der Waals surface area contributed by atoms with E-state index in [9.17, 15) is 14.3 Å². The van der Waals surface area contributed by atoms with E-state index in [0.29, 0.717) is 28.5 Å². The minimum absolute atomic E-state index is 0.0561. The molecule has 3 aromatic heterocycles. The fourth-order valence-corrected chi connectivity index (χ4v) is 4.77. The molecule has 162 valence electrons. The zero-order chi connectivity index (χ0) is 22.3. The molecule has 0 aliphatic heterocycles. The Morgan fingerprint density at radius 3 is 2.61 bits per heavy atom. The number of furan rings is 1. The zero-order valence-electron chi connectivity index (χ0n) is 17.8. The lowest BCUT2D eigenvalue weighted by Gasteiger charge is -2.23. The number of hydrogen-bond donors (Lipinski definition) is 2. The Morgan fingerprint density at radius 2 is 1.97 bits per heavy atom. The number of halogens is 1. The van der Waals surface area contributed by atoms with Crippen LogP contribution < -0.4 is 5.32 Å². The number of fused-ring (bicyclic) bond motifs is 1. The van der Waals surface area contributed by atoms with Gasteiger partial charge in [0.2, 0.25) is 0 Å². The Hall–Kier alpha value is -2.97. The SMILES string of the molecule is Cc1cc([C@](C)(O)CNC(=O)c2cc3c(C)nn(Cc4ccc(F)cc4)c3s2)c(C)o1. The van der Waals surface area contributed by atoms with E-state index in [4.69, 9.17) is 4.42 Å². The van der Waals surface area contributed by atoms with Crippen molar-refractivity contribution in [2.75, 3.05) is 6.54 Å². The second kappa shape index (κ2) is 7.94. The highest BCUT2D eigenvalue weighted by atomic mass is 32.1. The van der Waals surface area contributed by atoms with Gasteiger partial charge in [-0.05, 0) is 57.5 Å². The van der Waals surface area contributed by atoms with Gasteiger partial charge in [0.15, 0.2) is 0 Å². The van der Waals surface area contributed by atoms with Gasteiger partial charge in [0.05, 0.1) is 23.7 Å². The lowest BCUT2D eigenvalue weighted by molar-refractivity contribution is 0.0515. The largest absolute Gasteiger partial charge is 0.466 e. The Bertz CT molecular complexity index is 1250. The van der Waals surface area contributed by atoms with E-state index in [1.54, 1.807) is 32.0 Å². The smallest absolute Gasteiger partial charge is 0.261 e. The van der Waals surface area contributed by atoms with Crippen LogP contribution in [0.2, 0.25) is 0 Å². The lowest BCUT2D eigenvalue weighted by atomic mass is 9.96. The van der Waals surface area contributed by atoms with Gasteiger partial charge in [0.1, 0.15) is 27.8 Å². The quantitative estimate of drug-likeness (QED) is 0.464. The monoisotopic (exact) mass is 441 g/mol. The molecule has 0 fully saturated rings. The first-order valence-corrected chi connectivity index (χ1v) is 10.7. The molecule has 0 aliphatic rings. The predicted molar refractivity (Wildman–Crippen MR) is 118 cm³/mol. The van der Waals surface area contributed by atoms with Gasteiger partial charge in [-0.3, -0.25) is 9.48 Å². The standard InChI is InChI=1S/C23H24FN3O3S/c1-13-9-19(15(3)30-13)23(4,29)12-25-21(28)20-10-18-14(2)26-27(22(18)31-20)11-16-5-7-17(24)8-6-16/h5-10,29H,11-12H2,1-4H3,(H,25,28)/t23-/m1/s1. The molecule has 4 aromatic rings. The van der Waals surface area contributed by atoms with Crippen LogP contribution in [0.25, 0.3) is 10.2 Å². The van der Waals surface area contributed by atoms with Crippen LogP contribution in [0.15, 0.2) is 40.8 Å². The highest BCUT2D eigenvalue weighted by molar-refractivity contribution is 7.20. The molecule has 0 bridgehead atoms. The summed E-state index contributed by atoms with van der Waals surface area (Å²) in [6.45, 7) is 7.70. The van der Waals surface area contributed by atoms with E-state index in [-0.39, 0.29) is 18.3 Å². The van der Waals surface area contributed by atoms with Crippen molar-refractivity contribution in [3.8, 4) is 0 Å². The number of carbonyl (C=O) groups is 1. The third kappa shape index (κ3) is 4.26. The minimum Gasteiger partial charge on any atom is -0.466 e. The van der Waals surface area contributed by atoms with Crippen molar-refractivity contribution < 1.29 is 18.7 Å². The average Bonchev–Trinajstić information content (AvgIpc) is 3.37. The number of thiophene rings is 1. The van der Waals surface area contributed by atoms with Crippen molar-refractivity contribution in [1.29, 1.82) is 0 Å². The summed E-state index contributed by atoms with van der Waals surface area (Å²) < 4.78 is 20.5. The summed E-state index contributed by atoms with van der Waals surface area (Å²) in [7, 11) is 0. The van der Waals surface area contributed by atoms with Crippen molar-refractivity contribution in [3.05, 3.63) is 75.4 Å². The van der Waals surface area contributed by atoms with Gasteiger partial charge in [-0.25, -0.2) is 4.39 Å². The molecule has 4 rings (SSSR count). The highest BCUT2D eigenvalue weighted by Crippen LogP contribution is 2.30. The summed E-state index contributed by atoms with van der Waals surface area (Å²) in [6.07, 6.45) is 0. The van der Waals surface area contributed by atoms with E-state index < -0.39 is 5.60 Å². The molecule has 6 nitrogen and oxygen atoms in total. The molecule has 8 heteroatoms. The Labute approximate surface area is 183 Å². The number of amides is 1. The molecule has 0 spiro atoms. The van der Waals surface area contributed by atoms with Crippen LogP contribution >= 0.6 is 11.3 Å². The summed E-state index contributed by atoms with van der Waals surface area (Å²) in [4.78, 5) is 14.2. The van der Waals surface area contributed by atoms with Gasteiger partial charge in [-0.2, -0.15) is 5.10 Å². The first-order valence-electron chi connectivity index (χ1n) is 9.93. The molecule has 0 saturated heterocycles. The molecule has 0 unspecified atom stereocenters. The van der Waals surface area contributed by atoms with Gasteiger partial charge < -0.3 is 14.8 Å². The van der Waals surface area contributed by atoms with Crippen molar-refractivity contribution in [3.63, 3.8) is 0 Å². The summed E-state index contributed by atoms with van der Waals surface area (Å²) in [5, 5.41) is 19.1. The molecular weight excluding hydrogens is 417 g/mol. The first kappa shape index (κ1) is 21.3. The maximum atomic E-state index is 13.2. The second-order valence-electron chi connectivity index (χ2n) is 7.98. The maximum absolute atomic E-state index is 13.2. The fraction of sp³-hybridized carbons (Fsp3) is 0.304. The Balaban J connectivity index is 1.52. The number of nitrogens with zero attached hydrogens (tertiary/aromatic N) is 2. The molecule has 2 N–H and O–H groups in total. The van der Waals surface area contributed by atoms with Gasteiger partial charge >= 0.3 is 0 Å². The molecule has 1 atom stereocenters. The maximum Gasteiger partial charge on any atom is 0.261 e. The van der Waals surface area contributed by atoms with E-state index in [1.165, 1.54) is 23.5 Å². The van der Waals surface area contributed by atoms with Crippen LogP contribution in [-0.2, 0) is 12.1 Å². The number of nitrogens with one attached hydrogen (secondary N) is 1. The third-order valence-electron chi connectivity index (χ3n) is 5.29. The normalized spacial score (nSPS) is 13.5. The molecule has 1 amide bonds. The summed E-state index contributed by atoms with van der Waals surface area (Å²) in [5.74, 6) is 0.810. The number of carbonyl (C=O) groups excluding carboxylic acids is 1. The van der Waals surface area contributed by atoms with Crippen LogP contribution in [0, 0.1) is 26.6 Å². The molecule has 31 heavy (non-hydrogen) atoms. The molecule has 1 aromatic carbocycles. The van der Waals surface area contributed by atoms with Crippen LogP contribution in [0.1, 0.15) is 44.9 Å². The number of aliphatic hydroxyl groups is 1. The average molecular weight is 442 g/mol. The zero-order valence-corrected chi connectivity index (χ0v) is 18.6. The second-order valence-corrected chi connectivity index (χ2v) is 9.01. The Morgan fingerprint density at radius 1 is 1.26 bits per heavy atom. The van der Waals surface area contributed by atoms with Crippen LogP contribution in [0.5, 0.6) is 0 Å². The third-order valence-corrected chi connectivity index (χ3v) is 6.44. The van der Waals surface area contributed by atoms with Gasteiger partial charge in [-0.15, -0.1) is 11.3 Å². The fourth-order valence-electron chi connectivity index (χ4n) is 3.69. The van der Waals surface area contributed by atoms with Crippen LogP contribution in [0.4, 0.5) is 4.39 Å². The summed E-state index contributed by atoms with van der Waals surface area (Å²) in [6, 6.07) is 9.90. The van der Waals surface area contributed by atoms with Crippen molar-refractivity contribution in [1.82, 2.24) is 15.1 Å². The molecule has 0 aliphatic carbocycles. The number of rotatable bonds is 6. The highest BCUT2D eigenvalue weighted by Gasteiger charge is 2.29. The van der Waals surface area contributed by atoms with Gasteiger partial charge in [-0.1, -0.05) is 12.1 Å². The van der Waals surface area contributed by atoms with Crippen LogP contribution in [0.3, 0.4) is 0 Å². The summed E-state index contributed by atoms with van der Waals surface area (Å²) in [5.41, 5.74) is 1.16. The number of hydrogen-bond acceptors (Lipinski definition) is 5. The van der Waals surface area contributed by atoms with E-state index in [2.05, 4.69) is 10.4 Å². The van der Waals surface area contributed by atoms with Crippen molar-refractivity contribution in [2.45, 2.75) is 39.8 Å². The number of aromatic nitrogens is 2. The van der Waals surface area contributed by atoms with Crippen LogP contribution in [-0.4, -0.2) is 27.3 Å². The predicted octanol–water partition coefficient (Wildman–Crippen LogP) is 4.44. The van der Waals surface area contributed by atoms with Crippen molar-refractivity contribution >= 4 is 27.5 Å². The molecule has 3 heterocycles. The first-order chi connectivity index (χ1) is 14.6. The minimum atomic E-state index is -1.25. The molecule has 0 radical (unpaired) electrons. The number of benzene rings is 1. The molecule has 0 saturated carbocycles. The Kier molecular flexibility index (Phi) is 5.45. The topological polar surface area (TPSA) is 80.3 Å². The van der Waals surface area contributed by atoms with Gasteiger partial charge in [0.25, 0.3) is 5.91 Å². The van der Waals surface area contributed by atoms with E-state index in [1.807, 2.05) is 24.6 Å². The van der Waals surface area contributed by atoms with Gasteiger partial charge in [0, 0.05) is 10.9 Å². The van der Waals surface area contributed by atoms with E-state index >= 15 is 0 Å². The van der Waals surface area contributed by atoms with Crippen molar-refractivity contribution in [2.24, 2.45) is 0 Å².